The number of aryl methyl sites for hydroxylation is 1. The second kappa shape index (κ2) is 8.47. The van der Waals surface area contributed by atoms with E-state index in [0.717, 1.165) is 12.0 Å². The summed E-state index contributed by atoms with van der Waals surface area (Å²) in [6.07, 6.45) is 1.47. The van der Waals surface area contributed by atoms with Gasteiger partial charge in [-0.25, -0.2) is 0 Å². The Morgan fingerprint density at radius 2 is 2.04 bits per heavy atom. The van der Waals surface area contributed by atoms with Crippen molar-refractivity contribution in [1.29, 1.82) is 5.26 Å². The van der Waals surface area contributed by atoms with E-state index in [1.54, 1.807) is 6.07 Å². The number of carbonyl (C=O) groups excluding carboxylic acids is 1. The van der Waals surface area contributed by atoms with Gasteiger partial charge in [0.15, 0.2) is 11.5 Å². The summed E-state index contributed by atoms with van der Waals surface area (Å²) in [4.78, 5) is 10.9. The van der Waals surface area contributed by atoms with Gasteiger partial charge >= 0.3 is 0 Å². The summed E-state index contributed by atoms with van der Waals surface area (Å²) in [5.41, 5.74) is 1.79. The first-order chi connectivity index (χ1) is 11.2. The van der Waals surface area contributed by atoms with Gasteiger partial charge in [-0.3, -0.25) is 4.79 Å². The summed E-state index contributed by atoms with van der Waals surface area (Å²) in [6.45, 7) is 0. The molecule has 118 valence electrons. The Balaban J connectivity index is 2.01. The Hall–Kier alpha value is -2.16. The average molecular weight is 348 g/mol. The summed E-state index contributed by atoms with van der Waals surface area (Å²) in [6, 6.07) is 12.7. The molecular formula is C17H14ClNO3S. The number of hydrogen-bond acceptors (Lipinski definition) is 5. The molecule has 0 aliphatic rings. The maximum absolute atomic E-state index is 10.9. The molecule has 0 saturated carbocycles. The number of carbonyl (C=O) groups is 1. The van der Waals surface area contributed by atoms with Crippen molar-refractivity contribution in [2.24, 2.45) is 0 Å². The van der Waals surface area contributed by atoms with Crippen LogP contribution in [0.2, 0.25) is 5.02 Å². The third-order valence-corrected chi connectivity index (χ3v) is 3.99. The van der Waals surface area contributed by atoms with Crippen LogP contribution >= 0.6 is 23.6 Å². The highest BCUT2D eigenvalue weighted by Crippen LogP contribution is 2.34. The van der Waals surface area contributed by atoms with Crippen molar-refractivity contribution in [1.82, 2.24) is 0 Å². The topological polar surface area (TPSA) is 59.3 Å². The average Bonchev–Trinajstić information content (AvgIpc) is 2.59. The lowest BCUT2D eigenvalue weighted by Crippen LogP contribution is -1.97. The largest absolute Gasteiger partial charge is 0.493 e. The minimum atomic E-state index is 0.269. The molecule has 0 aliphatic carbocycles. The van der Waals surface area contributed by atoms with Gasteiger partial charge in [0.2, 0.25) is 0 Å². The number of rotatable bonds is 7. The molecule has 0 heterocycles. The fourth-order valence-corrected chi connectivity index (χ4v) is 2.74. The Morgan fingerprint density at radius 3 is 2.65 bits per heavy atom. The molecule has 0 N–H and O–H groups in total. The molecule has 2 rings (SSSR count). The van der Waals surface area contributed by atoms with Crippen molar-refractivity contribution < 1.29 is 13.7 Å². The van der Waals surface area contributed by atoms with Crippen LogP contribution in [0.25, 0.3) is 0 Å². The van der Waals surface area contributed by atoms with E-state index in [0.29, 0.717) is 34.1 Å². The van der Waals surface area contributed by atoms with Gasteiger partial charge in [0.25, 0.3) is 0 Å². The Labute approximate surface area is 144 Å². The fourth-order valence-electron chi connectivity index (χ4n) is 1.92. The molecule has 2 aromatic carbocycles. The molecule has 0 saturated heterocycles. The zero-order valence-electron chi connectivity index (χ0n) is 12.4. The first kappa shape index (κ1) is 17.2. The second-order valence-corrected chi connectivity index (χ2v) is 5.86. The third kappa shape index (κ3) is 4.65. The molecule has 0 atom stereocenters. The van der Waals surface area contributed by atoms with Crippen LogP contribution in [0.5, 0.6) is 11.5 Å². The highest BCUT2D eigenvalue weighted by molar-refractivity contribution is 7.95. The molecule has 0 unspecified atom stereocenters. The fraction of sp³-hybridized carbons (Fsp3) is 0.176. The molecule has 0 radical (unpaired) electrons. The van der Waals surface area contributed by atoms with E-state index in [1.165, 1.54) is 25.2 Å². The van der Waals surface area contributed by atoms with E-state index in [2.05, 4.69) is 0 Å². The summed E-state index contributed by atoms with van der Waals surface area (Å²) in [5, 5.41) is 9.90. The number of methoxy groups -OCH3 is 1. The Kier molecular flexibility index (Phi) is 6.33. The number of nitriles is 1. The SMILES string of the molecule is COc1cc(C=O)cc(C#N)c1OSCCc1ccc(Cl)cc1. The lowest BCUT2D eigenvalue weighted by Gasteiger charge is -2.11. The molecular weight excluding hydrogens is 334 g/mol. The van der Waals surface area contributed by atoms with Crippen LogP contribution in [0.1, 0.15) is 21.5 Å². The number of ether oxygens (including phenoxy) is 1. The predicted octanol–water partition coefficient (Wildman–Crippen LogP) is 4.30. The monoisotopic (exact) mass is 347 g/mol. The Morgan fingerprint density at radius 1 is 1.30 bits per heavy atom. The van der Waals surface area contributed by atoms with Crippen molar-refractivity contribution in [3.8, 4) is 17.6 Å². The number of hydrogen-bond donors (Lipinski definition) is 0. The first-order valence-corrected chi connectivity index (χ1v) is 8.08. The molecule has 2 aromatic rings. The maximum atomic E-state index is 10.9. The molecule has 6 heteroatoms. The van der Waals surface area contributed by atoms with Crippen LogP contribution in [-0.4, -0.2) is 19.1 Å². The second-order valence-electron chi connectivity index (χ2n) is 4.61. The summed E-state index contributed by atoms with van der Waals surface area (Å²) in [7, 11) is 1.47. The molecule has 4 nitrogen and oxygen atoms in total. The summed E-state index contributed by atoms with van der Waals surface area (Å²) < 4.78 is 10.8. The quantitative estimate of drug-likeness (QED) is 0.424. The van der Waals surface area contributed by atoms with Gasteiger partial charge in [-0.05, 0) is 36.2 Å². The summed E-state index contributed by atoms with van der Waals surface area (Å²) in [5.74, 6) is 1.40. The van der Waals surface area contributed by atoms with Crippen molar-refractivity contribution in [3.63, 3.8) is 0 Å². The van der Waals surface area contributed by atoms with Gasteiger partial charge in [-0.15, -0.1) is 0 Å². The van der Waals surface area contributed by atoms with Crippen LogP contribution in [0.4, 0.5) is 0 Å². The number of benzene rings is 2. The van der Waals surface area contributed by atoms with Crippen LogP contribution < -0.4 is 8.92 Å². The molecule has 0 bridgehead atoms. The predicted molar refractivity (Wildman–Crippen MR) is 91.3 cm³/mol. The zero-order valence-corrected chi connectivity index (χ0v) is 14.0. The van der Waals surface area contributed by atoms with E-state index in [9.17, 15) is 10.1 Å². The number of halogens is 1. The smallest absolute Gasteiger partial charge is 0.196 e. The van der Waals surface area contributed by atoms with Crippen molar-refractivity contribution in [2.45, 2.75) is 6.42 Å². The van der Waals surface area contributed by atoms with Gasteiger partial charge in [-0.2, -0.15) is 5.26 Å². The first-order valence-electron chi connectivity index (χ1n) is 6.79. The van der Waals surface area contributed by atoms with Crippen molar-refractivity contribution in [3.05, 3.63) is 58.1 Å². The van der Waals surface area contributed by atoms with Crippen molar-refractivity contribution >= 4 is 29.9 Å². The zero-order chi connectivity index (χ0) is 16.7. The minimum absolute atomic E-state index is 0.269. The van der Waals surface area contributed by atoms with Crippen LogP contribution in [0, 0.1) is 11.3 Å². The molecule has 0 aliphatic heterocycles. The Bertz CT molecular complexity index is 726. The van der Waals surface area contributed by atoms with Gasteiger partial charge in [0.1, 0.15) is 17.9 Å². The van der Waals surface area contributed by atoms with E-state index in [4.69, 9.17) is 20.5 Å². The molecule has 0 fully saturated rings. The molecule has 0 amide bonds. The number of nitrogens with zero attached hydrogens (tertiary/aromatic N) is 1. The van der Waals surface area contributed by atoms with E-state index < -0.39 is 0 Å². The van der Waals surface area contributed by atoms with Crippen LogP contribution in [0.15, 0.2) is 36.4 Å². The number of aldehydes is 1. The van der Waals surface area contributed by atoms with Gasteiger partial charge in [-0.1, -0.05) is 23.7 Å². The highest BCUT2D eigenvalue weighted by atomic mass is 35.5. The third-order valence-electron chi connectivity index (χ3n) is 3.08. The van der Waals surface area contributed by atoms with Crippen molar-refractivity contribution in [2.75, 3.05) is 12.9 Å². The van der Waals surface area contributed by atoms with Gasteiger partial charge < -0.3 is 8.92 Å². The highest BCUT2D eigenvalue weighted by Gasteiger charge is 2.14. The van der Waals surface area contributed by atoms with Gasteiger partial charge in [0, 0.05) is 16.3 Å². The van der Waals surface area contributed by atoms with Crippen LogP contribution in [0.3, 0.4) is 0 Å². The molecule has 0 spiro atoms. The van der Waals surface area contributed by atoms with Crippen LogP contribution in [-0.2, 0) is 6.42 Å². The van der Waals surface area contributed by atoms with E-state index >= 15 is 0 Å². The lowest BCUT2D eigenvalue weighted by molar-refractivity contribution is 0.112. The minimum Gasteiger partial charge on any atom is -0.493 e. The van der Waals surface area contributed by atoms with E-state index in [-0.39, 0.29) is 5.56 Å². The normalized spacial score (nSPS) is 9.96. The lowest BCUT2D eigenvalue weighted by atomic mass is 10.1. The molecule has 0 aromatic heterocycles. The maximum Gasteiger partial charge on any atom is 0.196 e. The molecule has 23 heavy (non-hydrogen) atoms. The summed E-state index contributed by atoms with van der Waals surface area (Å²) >= 11 is 7.07. The standard InChI is InChI=1S/C17H14ClNO3S/c1-21-16-9-13(11-20)8-14(10-19)17(16)22-23-7-6-12-2-4-15(18)5-3-12/h2-5,8-9,11H,6-7H2,1H3. The van der Waals surface area contributed by atoms with Gasteiger partial charge in [0.05, 0.1) is 19.2 Å². The van der Waals surface area contributed by atoms with E-state index in [1.807, 2.05) is 30.3 Å².